The molecule has 0 saturated carbocycles. The Kier molecular flexibility index (Phi) is 4.52. The fraction of sp³-hybridized carbons (Fsp3) is 0.500. The highest BCUT2D eigenvalue weighted by Crippen LogP contribution is 2.28. The Balaban J connectivity index is 1.81. The molecule has 2 rings (SSSR count). The van der Waals surface area contributed by atoms with Crippen molar-refractivity contribution in [2.24, 2.45) is 0 Å². The largest absolute Gasteiger partial charge is 0.440 e. The number of hydrogen-bond acceptors (Lipinski definition) is 2. The van der Waals surface area contributed by atoms with Crippen LogP contribution in [-0.2, 0) is 4.74 Å². The highest BCUT2D eigenvalue weighted by Gasteiger charge is 2.31. The highest BCUT2D eigenvalue weighted by atomic mass is 19.4. The molecule has 110 valence electrons. The van der Waals surface area contributed by atoms with Crippen LogP contribution in [-0.4, -0.2) is 36.9 Å². The number of rotatable bonds is 2. The van der Waals surface area contributed by atoms with Crippen LogP contribution in [0.15, 0.2) is 30.3 Å². The van der Waals surface area contributed by atoms with Gasteiger partial charge in [0.05, 0.1) is 0 Å². The fourth-order valence-corrected chi connectivity index (χ4v) is 2.36. The molecule has 0 bridgehead atoms. The summed E-state index contributed by atoms with van der Waals surface area (Å²) in [5, 5.41) is 0. The third kappa shape index (κ3) is 4.15. The molecular formula is C14H16F3NO2. The van der Waals surface area contributed by atoms with Gasteiger partial charge >= 0.3 is 12.3 Å². The number of piperidine rings is 1. The maximum absolute atomic E-state index is 12.0. The maximum Gasteiger partial charge on any atom is 0.422 e. The molecule has 3 nitrogen and oxygen atoms in total. The van der Waals surface area contributed by atoms with Gasteiger partial charge in [-0.05, 0) is 24.3 Å². The van der Waals surface area contributed by atoms with Crippen LogP contribution in [0.1, 0.15) is 24.3 Å². The Bertz CT molecular complexity index is 439. The first kappa shape index (κ1) is 14.7. The normalized spacial score (nSPS) is 17.1. The van der Waals surface area contributed by atoms with Crippen molar-refractivity contribution in [3.05, 3.63) is 35.9 Å². The van der Waals surface area contributed by atoms with Crippen LogP contribution >= 0.6 is 0 Å². The highest BCUT2D eigenvalue weighted by molar-refractivity contribution is 5.67. The molecule has 1 aliphatic rings. The van der Waals surface area contributed by atoms with Crippen molar-refractivity contribution in [2.75, 3.05) is 19.7 Å². The zero-order chi connectivity index (χ0) is 14.6. The lowest BCUT2D eigenvalue weighted by molar-refractivity contribution is -0.162. The number of carbonyl (C=O) groups is 1. The average Bonchev–Trinajstić information content (AvgIpc) is 2.45. The summed E-state index contributed by atoms with van der Waals surface area (Å²) in [6.07, 6.45) is -3.87. The van der Waals surface area contributed by atoms with Gasteiger partial charge in [0, 0.05) is 13.1 Å². The molecule has 1 aliphatic heterocycles. The number of hydrogen-bond donors (Lipinski definition) is 0. The molecule has 0 unspecified atom stereocenters. The SMILES string of the molecule is O=C(OCC(F)(F)F)N1CCC(c2ccccc2)CC1. The predicted molar refractivity (Wildman–Crippen MR) is 67.4 cm³/mol. The van der Waals surface area contributed by atoms with E-state index in [9.17, 15) is 18.0 Å². The quantitative estimate of drug-likeness (QED) is 0.832. The molecule has 20 heavy (non-hydrogen) atoms. The zero-order valence-corrected chi connectivity index (χ0v) is 10.9. The summed E-state index contributed by atoms with van der Waals surface area (Å²) in [5.74, 6) is 0.350. The molecule has 1 amide bonds. The monoisotopic (exact) mass is 287 g/mol. The Hall–Kier alpha value is -1.72. The van der Waals surface area contributed by atoms with E-state index in [1.165, 1.54) is 10.5 Å². The topological polar surface area (TPSA) is 29.5 Å². The second-order valence-electron chi connectivity index (χ2n) is 4.84. The van der Waals surface area contributed by atoms with Crippen LogP contribution in [0, 0.1) is 0 Å². The van der Waals surface area contributed by atoms with Gasteiger partial charge in [0.1, 0.15) is 0 Å². The Labute approximate surface area is 115 Å². The summed E-state index contributed by atoms with van der Waals surface area (Å²) >= 11 is 0. The van der Waals surface area contributed by atoms with E-state index in [-0.39, 0.29) is 0 Å². The Morgan fingerprint density at radius 2 is 1.80 bits per heavy atom. The third-order valence-electron chi connectivity index (χ3n) is 3.38. The number of ether oxygens (including phenoxy) is 1. The van der Waals surface area contributed by atoms with Crippen LogP contribution in [0.5, 0.6) is 0 Å². The van der Waals surface area contributed by atoms with E-state index in [1.54, 1.807) is 0 Å². The van der Waals surface area contributed by atoms with Crippen LogP contribution < -0.4 is 0 Å². The molecular weight excluding hydrogens is 271 g/mol. The van der Waals surface area contributed by atoms with Crippen molar-refractivity contribution in [2.45, 2.75) is 24.9 Å². The molecule has 0 aliphatic carbocycles. The first-order valence-electron chi connectivity index (χ1n) is 6.49. The minimum Gasteiger partial charge on any atom is -0.440 e. The second-order valence-corrected chi connectivity index (χ2v) is 4.84. The van der Waals surface area contributed by atoms with Crippen LogP contribution in [0.3, 0.4) is 0 Å². The van der Waals surface area contributed by atoms with E-state index >= 15 is 0 Å². The molecule has 0 spiro atoms. The lowest BCUT2D eigenvalue weighted by Gasteiger charge is -2.31. The third-order valence-corrected chi connectivity index (χ3v) is 3.38. The molecule has 0 aromatic heterocycles. The van der Waals surface area contributed by atoms with Crippen molar-refractivity contribution in [1.82, 2.24) is 4.90 Å². The molecule has 1 fully saturated rings. The molecule has 1 aromatic rings. The van der Waals surface area contributed by atoms with E-state index in [1.807, 2.05) is 30.3 Å². The Morgan fingerprint density at radius 1 is 1.20 bits per heavy atom. The summed E-state index contributed by atoms with van der Waals surface area (Å²) in [4.78, 5) is 12.8. The first-order valence-corrected chi connectivity index (χ1v) is 6.49. The number of benzene rings is 1. The van der Waals surface area contributed by atoms with Crippen molar-refractivity contribution in [1.29, 1.82) is 0 Å². The van der Waals surface area contributed by atoms with Gasteiger partial charge in [-0.15, -0.1) is 0 Å². The first-order chi connectivity index (χ1) is 9.46. The minimum atomic E-state index is -4.47. The number of halogens is 3. The predicted octanol–water partition coefficient (Wildman–Crippen LogP) is 3.56. The molecule has 1 heterocycles. The number of likely N-dealkylation sites (tertiary alicyclic amines) is 1. The molecule has 1 aromatic carbocycles. The molecule has 1 saturated heterocycles. The van der Waals surface area contributed by atoms with Crippen LogP contribution in [0.4, 0.5) is 18.0 Å². The molecule has 0 radical (unpaired) electrons. The van der Waals surface area contributed by atoms with Gasteiger partial charge in [0.25, 0.3) is 0 Å². The molecule has 6 heteroatoms. The summed E-state index contributed by atoms with van der Waals surface area (Å²) in [5.41, 5.74) is 1.20. The van der Waals surface area contributed by atoms with E-state index in [4.69, 9.17) is 0 Å². The lowest BCUT2D eigenvalue weighted by atomic mass is 9.90. The van der Waals surface area contributed by atoms with E-state index in [2.05, 4.69) is 4.74 Å². The summed E-state index contributed by atoms with van der Waals surface area (Å²) < 4.78 is 40.2. The van der Waals surface area contributed by atoms with Gasteiger partial charge in [0.2, 0.25) is 0 Å². The van der Waals surface area contributed by atoms with E-state index in [0.717, 1.165) is 12.8 Å². The Morgan fingerprint density at radius 3 is 2.35 bits per heavy atom. The average molecular weight is 287 g/mol. The van der Waals surface area contributed by atoms with Crippen molar-refractivity contribution >= 4 is 6.09 Å². The van der Waals surface area contributed by atoms with Crippen molar-refractivity contribution < 1.29 is 22.7 Å². The van der Waals surface area contributed by atoms with E-state index in [0.29, 0.717) is 19.0 Å². The van der Waals surface area contributed by atoms with E-state index < -0.39 is 18.9 Å². The number of amides is 1. The van der Waals surface area contributed by atoms with Gasteiger partial charge in [-0.2, -0.15) is 13.2 Å². The zero-order valence-electron chi connectivity index (χ0n) is 10.9. The minimum absolute atomic E-state index is 0.350. The van der Waals surface area contributed by atoms with Gasteiger partial charge in [-0.25, -0.2) is 4.79 Å². The van der Waals surface area contributed by atoms with Crippen molar-refractivity contribution in [3.8, 4) is 0 Å². The van der Waals surface area contributed by atoms with Gasteiger partial charge in [-0.1, -0.05) is 30.3 Å². The van der Waals surface area contributed by atoms with Gasteiger partial charge < -0.3 is 9.64 Å². The summed E-state index contributed by atoms with van der Waals surface area (Å²) in [6, 6.07) is 9.91. The maximum atomic E-state index is 12.0. The number of nitrogens with zero attached hydrogens (tertiary/aromatic N) is 1. The molecule has 0 atom stereocenters. The standard InChI is InChI=1S/C14H16F3NO2/c15-14(16,17)10-20-13(19)18-8-6-12(7-9-18)11-4-2-1-3-5-11/h1-5,12H,6-10H2. The van der Waals surface area contributed by atoms with Crippen LogP contribution in [0.2, 0.25) is 0 Å². The van der Waals surface area contributed by atoms with Crippen molar-refractivity contribution in [3.63, 3.8) is 0 Å². The second kappa shape index (κ2) is 6.15. The van der Waals surface area contributed by atoms with Crippen LogP contribution in [0.25, 0.3) is 0 Å². The van der Waals surface area contributed by atoms with Gasteiger partial charge in [0.15, 0.2) is 6.61 Å². The lowest BCUT2D eigenvalue weighted by Crippen LogP contribution is -2.39. The number of alkyl halides is 3. The van der Waals surface area contributed by atoms with Gasteiger partial charge in [-0.3, -0.25) is 0 Å². The smallest absolute Gasteiger partial charge is 0.422 e. The summed E-state index contributed by atoms with van der Waals surface area (Å²) in [6.45, 7) is -0.670. The summed E-state index contributed by atoms with van der Waals surface area (Å²) in [7, 11) is 0. The number of carbonyl (C=O) groups excluding carboxylic acids is 1. The fourth-order valence-electron chi connectivity index (χ4n) is 2.36. The molecule has 0 N–H and O–H groups in total.